The number of halogens is 1. The van der Waals surface area contributed by atoms with Crippen molar-refractivity contribution < 1.29 is 13.9 Å². The van der Waals surface area contributed by atoms with Gasteiger partial charge in [-0.1, -0.05) is 0 Å². The molecule has 5 heteroatoms. The molecular formula is C18H25FN2O2. The van der Waals surface area contributed by atoms with E-state index in [0.29, 0.717) is 36.9 Å². The van der Waals surface area contributed by atoms with Crippen molar-refractivity contribution in [2.45, 2.75) is 26.2 Å². The third kappa shape index (κ3) is 3.66. The molecule has 2 aliphatic heterocycles. The predicted octanol–water partition coefficient (Wildman–Crippen LogP) is 2.92. The molecule has 23 heavy (non-hydrogen) atoms. The fraction of sp³-hybridized carbons (Fsp3) is 0.611. The molecule has 1 aromatic rings. The zero-order valence-electron chi connectivity index (χ0n) is 13.8. The van der Waals surface area contributed by atoms with Crippen LogP contribution < -0.4 is 4.90 Å². The van der Waals surface area contributed by atoms with Crippen LogP contribution in [-0.2, 0) is 4.74 Å². The van der Waals surface area contributed by atoms with Crippen molar-refractivity contribution in [3.05, 3.63) is 29.6 Å². The molecule has 0 radical (unpaired) electrons. The van der Waals surface area contributed by atoms with Gasteiger partial charge < -0.3 is 14.5 Å². The second kappa shape index (κ2) is 7.30. The molecule has 0 N–H and O–H groups in total. The molecule has 2 aliphatic rings. The summed E-state index contributed by atoms with van der Waals surface area (Å²) in [5.41, 5.74) is 1.05. The second-order valence-corrected chi connectivity index (χ2v) is 6.43. The fourth-order valence-corrected chi connectivity index (χ4v) is 3.43. The van der Waals surface area contributed by atoms with Crippen molar-refractivity contribution in [3.8, 4) is 0 Å². The lowest BCUT2D eigenvalue weighted by atomic mass is 10.1. The average Bonchev–Trinajstić information content (AvgIpc) is 3.25. The molecule has 2 fully saturated rings. The van der Waals surface area contributed by atoms with Gasteiger partial charge in [0.15, 0.2) is 0 Å². The Morgan fingerprint density at radius 1 is 1.39 bits per heavy atom. The standard InChI is InChI=1S/C18H25FN2O2/c1-2-20(12-14-7-10-23-13-14)18(22)15-5-6-17(16(19)11-15)21-8-3-4-9-21/h5-6,11,14H,2-4,7-10,12-13H2,1H3/t14-/m1/s1. The smallest absolute Gasteiger partial charge is 0.253 e. The Hall–Kier alpha value is -1.62. The summed E-state index contributed by atoms with van der Waals surface area (Å²) in [6, 6.07) is 4.90. The monoisotopic (exact) mass is 320 g/mol. The number of nitrogens with zero attached hydrogens (tertiary/aromatic N) is 2. The summed E-state index contributed by atoms with van der Waals surface area (Å²) < 4.78 is 19.8. The SMILES string of the molecule is CCN(C[C@H]1CCOC1)C(=O)c1ccc(N2CCCC2)c(F)c1. The van der Waals surface area contributed by atoms with Gasteiger partial charge >= 0.3 is 0 Å². The summed E-state index contributed by atoms with van der Waals surface area (Å²) in [4.78, 5) is 16.5. The minimum Gasteiger partial charge on any atom is -0.381 e. The van der Waals surface area contributed by atoms with E-state index < -0.39 is 0 Å². The molecule has 0 spiro atoms. The molecule has 0 aromatic heterocycles. The predicted molar refractivity (Wildman–Crippen MR) is 88.4 cm³/mol. The third-order valence-corrected chi connectivity index (χ3v) is 4.81. The highest BCUT2D eigenvalue weighted by Crippen LogP contribution is 2.25. The molecule has 0 unspecified atom stereocenters. The fourth-order valence-electron chi connectivity index (χ4n) is 3.43. The Bertz CT molecular complexity index is 552. The van der Waals surface area contributed by atoms with Gasteiger partial charge in [0.1, 0.15) is 5.82 Å². The van der Waals surface area contributed by atoms with Gasteiger partial charge in [0.2, 0.25) is 0 Å². The van der Waals surface area contributed by atoms with E-state index in [4.69, 9.17) is 4.74 Å². The number of rotatable bonds is 5. The molecule has 126 valence electrons. The molecule has 2 saturated heterocycles. The first-order valence-electron chi connectivity index (χ1n) is 8.60. The molecule has 0 bridgehead atoms. The molecule has 0 saturated carbocycles. The maximum absolute atomic E-state index is 14.4. The molecule has 3 rings (SSSR count). The lowest BCUT2D eigenvalue weighted by molar-refractivity contribution is 0.0730. The number of hydrogen-bond acceptors (Lipinski definition) is 3. The van der Waals surface area contributed by atoms with E-state index in [-0.39, 0.29) is 11.7 Å². The Kier molecular flexibility index (Phi) is 5.16. The number of benzene rings is 1. The lowest BCUT2D eigenvalue weighted by Crippen LogP contribution is -2.35. The van der Waals surface area contributed by atoms with Crippen LogP contribution in [0, 0.1) is 11.7 Å². The maximum atomic E-state index is 14.4. The summed E-state index contributed by atoms with van der Waals surface area (Å²) in [5, 5.41) is 0. The van der Waals surface area contributed by atoms with Crippen LogP contribution in [0.2, 0.25) is 0 Å². The molecular weight excluding hydrogens is 295 g/mol. The largest absolute Gasteiger partial charge is 0.381 e. The molecule has 2 heterocycles. The van der Waals surface area contributed by atoms with E-state index in [9.17, 15) is 9.18 Å². The van der Waals surface area contributed by atoms with Crippen LogP contribution in [0.25, 0.3) is 0 Å². The van der Waals surface area contributed by atoms with Crippen molar-refractivity contribution in [3.63, 3.8) is 0 Å². The molecule has 1 aromatic carbocycles. The zero-order valence-corrected chi connectivity index (χ0v) is 13.8. The van der Waals surface area contributed by atoms with Gasteiger partial charge in [-0.05, 0) is 44.4 Å². The number of hydrogen-bond donors (Lipinski definition) is 0. The Labute approximate surface area is 137 Å². The highest BCUT2D eigenvalue weighted by atomic mass is 19.1. The highest BCUT2D eigenvalue weighted by Gasteiger charge is 2.23. The van der Waals surface area contributed by atoms with E-state index in [2.05, 4.69) is 4.90 Å². The summed E-state index contributed by atoms with van der Waals surface area (Å²) in [7, 11) is 0. The maximum Gasteiger partial charge on any atom is 0.253 e. The first-order chi connectivity index (χ1) is 11.2. The van der Waals surface area contributed by atoms with Crippen LogP contribution in [0.5, 0.6) is 0 Å². The average molecular weight is 320 g/mol. The Morgan fingerprint density at radius 3 is 2.78 bits per heavy atom. The van der Waals surface area contributed by atoms with Crippen LogP contribution in [0.1, 0.15) is 36.5 Å². The van der Waals surface area contributed by atoms with Gasteiger partial charge in [-0.25, -0.2) is 4.39 Å². The topological polar surface area (TPSA) is 32.8 Å². The van der Waals surface area contributed by atoms with Crippen molar-refractivity contribution in [2.75, 3.05) is 44.3 Å². The number of carbonyl (C=O) groups excluding carboxylic acids is 1. The first-order valence-corrected chi connectivity index (χ1v) is 8.60. The quantitative estimate of drug-likeness (QED) is 0.836. The highest BCUT2D eigenvalue weighted by molar-refractivity contribution is 5.94. The zero-order chi connectivity index (χ0) is 16.2. The normalized spacial score (nSPS) is 21.0. The number of ether oxygens (including phenoxy) is 1. The van der Waals surface area contributed by atoms with Gasteiger partial charge in [0, 0.05) is 44.3 Å². The molecule has 4 nitrogen and oxygen atoms in total. The van der Waals surface area contributed by atoms with Crippen molar-refractivity contribution in [1.82, 2.24) is 4.90 Å². The first kappa shape index (κ1) is 16.2. The van der Waals surface area contributed by atoms with Gasteiger partial charge in [-0.3, -0.25) is 4.79 Å². The summed E-state index contributed by atoms with van der Waals surface area (Å²) in [6.07, 6.45) is 3.20. The van der Waals surface area contributed by atoms with E-state index >= 15 is 0 Å². The van der Waals surface area contributed by atoms with Gasteiger partial charge in [0.05, 0.1) is 12.3 Å². The van der Waals surface area contributed by atoms with E-state index in [1.54, 1.807) is 17.0 Å². The van der Waals surface area contributed by atoms with Crippen molar-refractivity contribution in [1.29, 1.82) is 0 Å². The Morgan fingerprint density at radius 2 is 2.17 bits per heavy atom. The third-order valence-electron chi connectivity index (χ3n) is 4.81. The lowest BCUT2D eigenvalue weighted by Gasteiger charge is -2.24. The summed E-state index contributed by atoms with van der Waals surface area (Å²) in [5.74, 6) is 0.0110. The number of anilines is 1. The second-order valence-electron chi connectivity index (χ2n) is 6.43. The van der Waals surface area contributed by atoms with Crippen LogP contribution in [0.3, 0.4) is 0 Å². The van der Waals surface area contributed by atoms with Gasteiger partial charge in [0.25, 0.3) is 5.91 Å². The van der Waals surface area contributed by atoms with E-state index in [1.165, 1.54) is 6.07 Å². The van der Waals surface area contributed by atoms with E-state index in [1.807, 2.05) is 6.92 Å². The van der Waals surface area contributed by atoms with Crippen molar-refractivity contribution in [2.24, 2.45) is 5.92 Å². The summed E-state index contributed by atoms with van der Waals surface area (Å²) in [6.45, 7) is 6.56. The number of amides is 1. The Balaban J connectivity index is 1.71. The minimum atomic E-state index is -0.294. The molecule has 0 aliphatic carbocycles. The molecule has 1 atom stereocenters. The van der Waals surface area contributed by atoms with E-state index in [0.717, 1.165) is 39.0 Å². The van der Waals surface area contributed by atoms with Gasteiger partial charge in [-0.15, -0.1) is 0 Å². The molecule has 1 amide bonds. The van der Waals surface area contributed by atoms with Crippen LogP contribution in [-0.4, -0.2) is 50.2 Å². The summed E-state index contributed by atoms with van der Waals surface area (Å²) >= 11 is 0. The number of carbonyl (C=O) groups is 1. The van der Waals surface area contributed by atoms with Crippen LogP contribution in [0.15, 0.2) is 18.2 Å². The van der Waals surface area contributed by atoms with Crippen LogP contribution >= 0.6 is 0 Å². The minimum absolute atomic E-state index is 0.0914. The van der Waals surface area contributed by atoms with Gasteiger partial charge in [-0.2, -0.15) is 0 Å². The van der Waals surface area contributed by atoms with Crippen molar-refractivity contribution >= 4 is 11.6 Å². The van der Waals surface area contributed by atoms with Crippen LogP contribution in [0.4, 0.5) is 10.1 Å².